The first-order valence-corrected chi connectivity index (χ1v) is 8.50. The average molecular weight is 292 g/mol. The summed E-state index contributed by atoms with van der Waals surface area (Å²) in [5.74, 6) is 3.33. The second-order valence-electron chi connectivity index (χ2n) is 6.89. The van der Waals surface area contributed by atoms with Crippen molar-refractivity contribution in [2.45, 2.75) is 65.0 Å². The first-order chi connectivity index (χ1) is 10.2. The highest BCUT2D eigenvalue weighted by molar-refractivity contribution is 5.20. The van der Waals surface area contributed by atoms with Gasteiger partial charge in [-0.1, -0.05) is 18.4 Å². The summed E-state index contributed by atoms with van der Waals surface area (Å²) in [6, 6.07) is 1.11. The second kappa shape index (κ2) is 6.34. The summed E-state index contributed by atoms with van der Waals surface area (Å²) in [5.41, 5.74) is 0. The molecule has 21 heavy (non-hydrogen) atoms. The molecule has 0 saturated heterocycles. The lowest BCUT2D eigenvalue weighted by molar-refractivity contribution is 0.300. The van der Waals surface area contributed by atoms with E-state index >= 15 is 0 Å². The Labute approximate surface area is 127 Å². The monoisotopic (exact) mass is 292 g/mol. The molecule has 2 aliphatic carbocycles. The molecular weight excluding hydrogens is 264 g/mol. The van der Waals surface area contributed by atoms with Crippen LogP contribution in [0.25, 0.3) is 0 Å². The molecule has 5 atom stereocenters. The molecule has 2 saturated carbocycles. The Morgan fingerprint density at radius 1 is 1.24 bits per heavy atom. The molecule has 118 valence electrons. The summed E-state index contributed by atoms with van der Waals surface area (Å²) in [4.78, 5) is 0. The van der Waals surface area contributed by atoms with Crippen LogP contribution in [-0.4, -0.2) is 22.8 Å². The third-order valence-electron chi connectivity index (χ3n) is 5.30. The lowest BCUT2D eigenvalue weighted by atomic mass is 9.84. The Kier molecular flexibility index (Phi) is 4.48. The van der Waals surface area contributed by atoms with Crippen LogP contribution in [-0.2, 0) is 0 Å². The summed E-state index contributed by atoms with van der Waals surface area (Å²) in [6.45, 7) is 7.44. The standard InChI is InChI=1S/C16H28N4O/c1-4-7-17-11(3)15-19-20-16(21-15)18-10(2)14-9-12-5-6-13(14)8-12/h10-14,17H,4-9H2,1-3H3,(H,18,20). The van der Waals surface area contributed by atoms with Gasteiger partial charge in [-0.05, 0) is 63.8 Å². The molecule has 1 heterocycles. The number of fused-ring (bicyclic) bond motifs is 2. The van der Waals surface area contributed by atoms with Crippen LogP contribution < -0.4 is 10.6 Å². The van der Waals surface area contributed by atoms with Crippen LogP contribution in [0.15, 0.2) is 4.42 Å². The van der Waals surface area contributed by atoms with Gasteiger partial charge in [-0.25, -0.2) is 0 Å². The maximum atomic E-state index is 5.76. The first-order valence-electron chi connectivity index (χ1n) is 8.50. The third-order valence-corrected chi connectivity index (χ3v) is 5.30. The lowest BCUT2D eigenvalue weighted by Crippen LogP contribution is -2.30. The van der Waals surface area contributed by atoms with E-state index in [-0.39, 0.29) is 6.04 Å². The van der Waals surface area contributed by atoms with Crippen molar-refractivity contribution in [1.82, 2.24) is 15.5 Å². The van der Waals surface area contributed by atoms with E-state index in [1.807, 2.05) is 0 Å². The van der Waals surface area contributed by atoms with Gasteiger partial charge in [0.2, 0.25) is 5.89 Å². The normalized spacial score (nSPS) is 30.5. The molecule has 5 heteroatoms. The van der Waals surface area contributed by atoms with Crippen LogP contribution in [0.5, 0.6) is 0 Å². The van der Waals surface area contributed by atoms with Crippen molar-refractivity contribution < 1.29 is 4.42 Å². The van der Waals surface area contributed by atoms with Crippen molar-refractivity contribution in [3.05, 3.63) is 5.89 Å². The van der Waals surface area contributed by atoms with E-state index in [2.05, 4.69) is 41.6 Å². The number of anilines is 1. The number of aromatic nitrogens is 2. The Balaban J connectivity index is 1.54. The van der Waals surface area contributed by atoms with Gasteiger partial charge < -0.3 is 15.1 Å². The largest absolute Gasteiger partial charge is 0.406 e. The van der Waals surface area contributed by atoms with Crippen molar-refractivity contribution in [1.29, 1.82) is 0 Å². The molecule has 3 rings (SSSR count). The van der Waals surface area contributed by atoms with Gasteiger partial charge in [-0.3, -0.25) is 0 Å². The summed E-state index contributed by atoms with van der Waals surface area (Å²) in [6.07, 6.45) is 6.76. The smallest absolute Gasteiger partial charge is 0.315 e. The highest BCUT2D eigenvalue weighted by atomic mass is 16.4. The van der Waals surface area contributed by atoms with Crippen LogP contribution in [0.4, 0.5) is 6.01 Å². The van der Waals surface area contributed by atoms with Crippen molar-refractivity contribution >= 4 is 6.01 Å². The van der Waals surface area contributed by atoms with Crippen molar-refractivity contribution in [3.8, 4) is 0 Å². The zero-order valence-electron chi connectivity index (χ0n) is 13.4. The lowest BCUT2D eigenvalue weighted by Gasteiger charge is -2.27. The molecule has 0 spiro atoms. The maximum absolute atomic E-state index is 5.76. The molecule has 1 aromatic heterocycles. The molecular formula is C16H28N4O. The summed E-state index contributed by atoms with van der Waals surface area (Å²) in [5, 5.41) is 15.1. The molecule has 1 aromatic rings. The van der Waals surface area contributed by atoms with Crippen molar-refractivity contribution in [3.63, 3.8) is 0 Å². The predicted molar refractivity (Wildman–Crippen MR) is 83.0 cm³/mol. The number of hydrogen-bond acceptors (Lipinski definition) is 5. The quantitative estimate of drug-likeness (QED) is 0.806. The predicted octanol–water partition coefficient (Wildman–Crippen LogP) is 3.37. The van der Waals surface area contributed by atoms with E-state index in [1.165, 1.54) is 25.7 Å². The van der Waals surface area contributed by atoms with E-state index in [0.29, 0.717) is 17.9 Å². The Morgan fingerprint density at radius 3 is 2.76 bits per heavy atom. The van der Waals surface area contributed by atoms with Gasteiger partial charge in [0.15, 0.2) is 0 Å². The summed E-state index contributed by atoms with van der Waals surface area (Å²) < 4.78 is 5.76. The zero-order valence-corrected chi connectivity index (χ0v) is 13.4. The number of nitrogens with one attached hydrogen (secondary N) is 2. The minimum atomic E-state index is 0.116. The molecule has 0 aliphatic heterocycles. The molecule has 2 fully saturated rings. The van der Waals surface area contributed by atoms with Crippen LogP contribution in [0.2, 0.25) is 0 Å². The molecule has 5 unspecified atom stereocenters. The fourth-order valence-corrected chi connectivity index (χ4v) is 4.12. The molecule has 0 aromatic carbocycles. The van der Waals surface area contributed by atoms with Gasteiger partial charge in [0.25, 0.3) is 0 Å². The van der Waals surface area contributed by atoms with Crippen LogP contribution >= 0.6 is 0 Å². The highest BCUT2D eigenvalue weighted by Gasteiger charge is 2.42. The van der Waals surface area contributed by atoms with E-state index in [4.69, 9.17) is 4.42 Å². The Hall–Kier alpha value is -1.10. The van der Waals surface area contributed by atoms with Gasteiger partial charge in [-0.15, -0.1) is 5.10 Å². The van der Waals surface area contributed by atoms with Crippen molar-refractivity contribution in [2.75, 3.05) is 11.9 Å². The van der Waals surface area contributed by atoms with E-state index < -0.39 is 0 Å². The number of nitrogens with zero attached hydrogens (tertiary/aromatic N) is 2. The molecule has 5 nitrogen and oxygen atoms in total. The van der Waals surface area contributed by atoms with E-state index in [9.17, 15) is 0 Å². The van der Waals surface area contributed by atoms with Gasteiger partial charge >= 0.3 is 6.01 Å². The second-order valence-corrected chi connectivity index (χ2v) is 6.89. The maximum Gasteiger partial charge on any atom is 0.315 e. The summed E-state index contributed by atoms with van der Waals surface area (Å²) >= 11 is 0. The highest BCUT2D eigenvalue weighted by Crippen LogP contribution is 2.49. The van der Waals surface area contributed by atoms with Crippen molar-refractivity contribution in [2.24, 2.45) is 17.8 Å². The van der Waals surface area contributed by atoms with Gasteiger partial charge in [0, 0.05) is 6.04 Å². The third kappa shape index (κ3) is 3.23. The average Bonchev–Trinajstić information content (AvgIpc) is 3.20. The van der Waals surface area contributed by atoms with E-state index in [1.54, 1.807) is 0 Å². The first kappa shape index (κ1) is 14.8. The summed E-state index contributed by atoms with van der Waals surface area (Å²) in [7, 11) is 0. The Morgan fingerprint density at radius 2 is 2.10 bits per heavy atom. The minimum Gasteiger partial charge on any atom is -0.406 e. The molecule has 2 aliphatic rings. The molecule has 0 radical (unpaired) electrons. The SMILES string of the molecule is CCCNC(C)c1nnc(NC(C)C2CC3CCC2C3)o1. The Bertz CT molecular complexity index is 461. The van der Waals surface area contributed by atoms with Gasteiger partial charge in [0.05, 0.1) is 6.04 Å². The molecule has 2 N–H and O–H groups in total. The molecule has 0 amide bonds. The topological polar surface area (TPSA) is 63.0 Å². The zero-order chi connectivity index (χ0) is 14.8. The molecule has 2 bridgehead atoms. The van der Waals surface area contributed by atoms with Gasteiger partial charge in [0.1, 0.15) is 0 Å². The van der Waals surface area contributed by atoms with Crippen LogP contribution in [0.3, 0.4) is 0 Å². The fraction of sp³-hybridized carbons (Fsp3) is 0.875. The van der Waals surface area contributed by atoms with Crippen LogP contribution in [0, 0.1) is 17.8 Å². The minimum absolute atomic E-state index is 0.116. The van der Waals surface area contributed by atoms with E-state index in [0.717, 1.165) is 30.7 Å². The van der Waals surface area contributed by atoms with Gasteiger partial charge in [-0.2, -0.15) is 0 Å². The fourth-order valence-electron chi connectivity index (χ4n) is 4.12. The van der Waals surface area contributed by atoms with Crippen LogP contribution in [0.1, 0.15) is 64.8 Å². The number of rotatable bonds is 7. The number of hydrogen-bond donors (Lipinski definition) is 2.